The van der Waals surface area contributed by atoms with Crippen LogP contribution >= 0.6 is 0 Å². The summed E-state index contributed by atoms with van der Waals surface area (Å²) in [6, 6.07) is 11.7. The predicted octanol–water partition coefficient (Wildman–Crippen LogP) is 2.62. The molecule has 0 spiro atoms. The van der Waals surface area contributed by atoms with Crippen molar-refractivity contribution >= 4 is 5.97 Å². The Hall–Kier alpha value is -3.09. The van der Waals surface area contributed by atoms with E-state index >= 15 is 0 Å². The molecule has 3 aromatic rings. The maximum atomic E-state index is 13.3. The minimum absolute atomic E-state index is 0.267. The molecule has 2 aromatic carbocycles. The number of halogens is 1. The van der Waals surface area contributed by atoms with E-state index in [4.69, 9.17) is 0 Å². The molecule has 0 aliphatic heterocycles. The van der Waals surface area contributed by atoms with Gasteiger partial charge in [0, 0.05) is 5.56 Å². The van der Waals surface area contributed by atoms with E-state index in [-0.39, 0.29) is 11.8 Å². The van der Waals surface area contributed by atoms with Crippen LogP contribution in [-0.2, 0) is 11.3 Å². The quantitative estimate of drug-likeness (QED) is 0.689. The fraction of sp³-hybridized carbons (Fsp3) is 0.176. The third kappa shape index (κ3) is 3.29. The Kier molecular flexibility index (Phi) is 4.33. The molecule has 0 amide bonds. The molecule has 3 rings (SSSR count). The highest BCUT2D eigenvalue weighted by molar-refractivity contribution is 5.89. The normalized spacial score (nSPS) is 10.6. The van der Waals surface area contributed by atoms with Crippen molar-refractivity contribution in [3.8, 4) is 11.4 Å². The number of benzene rings is 2. The van der Waals surface area contributed by atoms with Crippen LogP contribution < -0.4 is 0 Å². The number of tetrazole rings is 1. The van der Waals surface area contributed by atoms with Crippen LogP contribution in [0.4, 0.5) is 4.39 Å². The summed E-state index contributed by atoms with van der Waals surface area (Å²) in [7, 11) is 1.34. The summed E-state index contributed by atoms with van der Waals surface area (Å²) in [6.07, 6.45) is 0. The number of aryl methyl sites for hydroxylation is 1. The van der Waals surface area contributed by atoms with E-state index in [0.717, 1.165) is 5.56 Å². The van der Waals surface area contributed by atoms with E-state index < -0.39 is 0 Å². The molecule has 0 fully saturated rings. The second kappa shape index (κ2) is 6.57. The third-order valence-corrected chi connectivity index (χ3v) is 3.57. The van der Waals surface area contributed by atoms with Crippen molar-refractivity contribution in [2.24, 2.45) is 0 Å². The van der Waals surface area contributed by atoms with Gasteiger partial charge in [-0.25, -0.2) is 9.18 Å². The highest BCUT2D eigenvalue weighted by Gasteiger charge is 2.09. The minimum atomic E-state index is -0.380. The van der Waals surface area contributed by atoms with Gasteiger partial charge in [0.25, 0.3) is 0 Å². The Balaban J connectivity index is 1.76. The standard InChI is InChI=1S/C17H15FN4O2/c1-11-9-14(7-8-15(11)18)16-19-21-22(20-16)10-12-3-5-13(6-4-12)17(23)24-2/h3-9H,10H2,1-2H3. The fourth-order valence-corrected chi connectivity index (χ4v) is 2.24. The van der Waals surface area contributed by atoms with Crippen molar-refractivity contribution in [1.29, 1.82) is 0 Å². The van der Waals surface area contributed by atoms with Gasteiger partial charge < -0.3 is 4.74 Å². The summed E-state index contributed by atoms with van der Waals surface area (Å²) in [5, 5.41) is 12.3. The Bertz CT molecular complexity index is 875. The average molecular weight is 326 g/mol. The molecule has 0 bridgehead atoms. The Morgan fingerprint density at radius 2 is 1.96 bits per heavy atom. The van der Waals surface area contributed by atoms with E-state index in [1.807, 2.05) is 0 Å². The van der Waals surface area contributed by atoms with Crippen molar-refractivity contribution in [3.63, 3.8) is 0 Å². The topological polar surface area (TPSA) is 69.9 Å². The lowest BCUT2D eigenvalue weighted by Crippen LogP contribution is -2.05. The van der Waals surface area contributed by atoms with Gasteiger partial charge in [-0.2, -0.15) is 4.80 Å². The molecule has 0 unspecified atom stereocenters. The maximum Gasteiger partial charge on any atom is 0.337 e. The molecule has 122 valence electrons. The largest absolute Gasteiger partial charge is 0.465 e. The highest BCUT2D eigenvalue weighted by Crippen LogP contribution is 2.17. The van der Waals surface area contributed by atoms with Crippen LogP contribution in [0.25, 0.3) is 11.4 Å². The van der Waals surface area contributed by atoms with Crippen molar-refractivity contribution in [3.05, 3.63) is 65.0 Å². The number of ether oxygens (including phenoxy) is 1. The Morgan fingerprint density at radius 3 is 2.62 bits per heavy atom. The van der Waals surface area contributed by atoms with Gasteiger partial charge in [0.1, 0.15) is 5.82 Å². The average Bonchev–Trinajstić information content (AvgIpc) is 3.06. The first-order chi connectivity index (χ1) is 11.6. The molecule has 6 nitrogen and oxygen atoms in total. The smallest absolute Gasteiger partial charge is 0.337 e. The van der Waals surface area contributed by atoms with E-state index in [2.05, 4.69) is 20.1 Å². The second-order valence-corrected chi connectivity index (χ2v) is 5.30. The molecule has 1 heterocycles. The molecular weight excluding hydrogens is 311 g/mol. The highest BCUT2D eigenvalue weighted by atomic mass is 19.1. The molecule has 1 aromatic heterocycles. The maximum absolute atomic E-state index is 13.3. The summed E-state index contributed by atoms with van der Waals surface area (Å²) in [5.74, 6) is -0.212. The van der Waals surface area contributed by atoms with Gasteiger partial charge in [0.05, 0.1) is 19.2 Å². The number of nitrogens with zero attached hydrogens (tertiary/aromatic N) is 4. The van der Waals surface area contributed by atoms with Crippen LogP contribution in [0.2, 0.25) is 0 Å². The van der Waals surface area contributed by atoms with Crippen LogP contribution in [0.5, 0.6) is 0 Å². The number of carbonyl (C=O) groups is 1. The molecule has 0 saturated carbocycles. The van der Waals surface area contributed by atoms with Gasteiger partial charge in [-0.3, -0.25) is 0 Å². The monoisotopic (exact) mass is 326 g/mol. The van der Waals surface area contributed by atoms with Crippen molar-refractivity contribution < 1.29 is 13.9 Å². The summed E-state index contributed by atoms with van der Waals surface area (Å²) in [6.45, 7) is 2.10. The van der Waals surface area contributed by atoms with Crippen LogP contribution in [0, 0.1) is 12.7 Å². The zero-order valence-electron chi connectivity index (χ0n) is 13.2. The first-order valence-electron chi connectivity index (χ1n) is 7.28. The zero-order valence-corrected chi connectivity index (χ0v) is 13.2. The fourth-order valence-electron chi connectivity index (χ4n) is 2.24. The summed E-state index contributed by atoms with van der Waals surface area (Å²) < 4.78 is 18.0. The van der Waals surface area contributed by atoms with Crippen LogP contribution in [0.3, 0.4) is 0 Å². The Morgan fingerprint density at radius 1 is 1.21 bits per heavy atom. The lowest BCUT2D eigenvalue weighted by Gasteiger charge is -2.02. The lowest BCUT2D eigenvalue weighted by molar-refractivity contribution is 0.0600. The molecule has 0 radical (unpaired) electrons. The lowest BCUT2D eigenvalue weighted by atomic mass is 10.1. The summed E-state index contributed by atoms with van der Waals surface area (Å²) >= 11 is 0. The van der Waals surface area contributed by atoms with Crippen molar-refractivity contribution in [1.82, 2.24) is 20.2 Å². The first kappa shape index (κ1) is 15.8. The van der Waals surface area contributed by atoms with Crippen LogP contribution in [0.1, 0.15) is 21.5 Å². The van der Waals surface area contributed by atoms with E-state index in [1.54, 1.807) is 43.3 Å². The van der Waals surface area contributed by atoms with E-state index in [1.165, 1.54) is 18.0 Å². The first-order valence-corrected chi connectivity index (χ1v) is 7.28. The molecule has 0 atom stereocenters. The van der Waals surface area contributed by atoms with E-state index in [0.29, 0.717) is 29.1 Å². The number of aromatic nitrogens is 4. The van der Waals surface area contributed by atoms with E-state index in [9.17, 15) is 9.18 Å². The Labute approximate surface area is 137 Å². The minimum Gasteiger partial charge on any atom is -0.465 e. The van der Waals surface area contributed by atoms with Crippen molar-refractivity contribution in [2.75, 3.05) is 7.11 Å². The van der Waals surface area contributed by atoms with Crippen LogP contribution in [0.15, 0.2) is 42.5 Å². The summed E-state index contributed by atoms with van der Waals surface area (Å²) in [4.78, 5) is 12.9. The zero-order chi connectivity index (χ0) is 17.1. The predicted molar refractivity (Wildman–Crippen MR) is 84.8 cm³/mol. The number of esters is 1. The number of hydrogen-bond donors (Lipinski definition) is 0. The SMILES string of the molecule is COC(=O)c1ccc(Cn2nnc(-c3ccc(F)c(C)c3)n2)cc1. The van der Waals surface area contributed by atoms with Gasteiger partial charge in [0.15, 0.2) is 0 Å². The number of hydrogen-bond acceptors (Lipinski definition) is 5. The van der Waals surface area contributed by atoms with Gasteiger partial charge in [-0.05, 0) is 53.6 Å². The van der Waals surface area contributed by atoms with Gasteiger partial charge in [-0.1, -0.05) is 12.1 Å². The molecular formula is C17H15FN4O2. The number of carbonyl (C=O) groups excluding carboxylic acids is 1. The van der Waals surface area contributed by atoms with Crippen molar-refractivity contribution in [2.45, 2.75) is 13.5 Å². The number of rotatable bonds is 4. The summed E-state index contributed by atoms with van der Waals surface area (Å²) in [5.41, 5.74) is 2.64. The van der Waals surface area contributed by atoms with Gasteiger partial charge in [0.2, 0.25) is 5.82 Å². The van der Waals surface area contributed by atoms with Crippen LogP contribution in [-0.4, -0.2) is 33.3 Å². The molecule has 24 heavy (non-hydrogen) atoms. The molecule has 7 heteroatoms. The third-order valence-electron chi connectivity index (χ3n) is 3.57. The molecule has 0 N–H and O–H groups in total. The second-order valence-electron chi connectivity index (χ2n) is 5.30. The van der Waals surface area contributed by atoms with Gasteiger partial charge in [-0.15, -0.1) is 10.2 Å². The van der Waals surface area contributed by atoms with Gasteiger partial charge >= 0.3 is 5.97 Å². The molecule has 0 aliphatic rings. The number of methoxy groups -OCH3 is 1. The molecule has 0 aliphatic carbocycles. The molecule has 0 saturated heterocycles.